The van der Waals surface area contributed by atoms with Crippen molar-refractivity contribution in [3.63, 3.8) is 0 Å². The topological polar surface area (TPSA) is 101 Å². The largest absolute Gasteiger partial charge is 0.481 e. The number of anilines is 1. The molecule has 0 bridgehead atoms. The number of hydrogen-bond acceptors (Lipinski definition) is 3. The van der Waals surface area contributed by atoms with Crippen LogP contribution in [0.15, 0.2) is 24.3 Å². The molecule has 0 saturated carbocycles. The molecule has 4 N–H and O–H groups in total. The van der Waals surface area contributed by atoms with Crippen molar-refractivity contribution in [3.05, 3.63) is 34.9 Å². The number of rotatable bonds is 5. The first kappa shape index (κ1) is 14.1. The zero-order valence-electron chi connectivity index (χ0n) is 9.34. The van der Waals surface area contributed by atoms with E-state index in [0.717, 1.165) is 0 Å². The molecule has 1 aromatic carbocycles. The third kappa shape index (κ3) is 3.78. The van der Waals surface area contributed by atoms with Crippen molar-refractivity contribution in [2.24, 2.45) is 5.92 Å². The smallest absolute Gasteiger partial charge is 0.318 e. The molecule has 0 spiro atoms. The lowest BCUT2D eigenvalue weighted by Crippen LogP contribution is -2.22. The second-order valence-electron chi connectivity index (χ2n) is 3.65. The van der Waals surface area contributed by atoms with Crippen LogP contribution >= 0.6 is 11.6 Å². The molecular weight excluding hydrogens is 258 g/mol. The van der Waals surface area contributed by atoms with Gasteiger partial charge in [0, 0.05) is 10.7 Å². The van der Waals surface area contributed by atoms with Gasteiger partial charge in [0.25, 0.3) is 0 Å². The molecule has 0 aliphatic heterocycles. The highest BCUT2D eigenvalue weighted by Gasteiger charge is 2.23. The molecule has 0 aromatic heterocycles. The highest BCUT2D eigenvalue weighted by Crippen LogP contribution is 2.20. The molecule has 0 atom stereocenters. The van der Waals surface area contributed by atoms with E-state index in [4.69, 9.17) is 27.5 Å². The molecule has 1 rings (SSSR count). The Morgan fingerprint density at radius 2 is 1.94 bits per heavy atom. The van der Waals surface area contributed by atoms with Gasteiger partial charge in [0.15, 0.2) is 5.92 Å². The minimum atomic E-state index is -1.46. The summed E-state index contributed by atoms with van der Waals surface area (Å²) in [5, 5.41) is 17.8. The molecule has 0 aliphatic rings. The predicted molar refractivity (Wildman–Crippen MR) is 68.3 cm³/mol. The zero-order chi connectivity index (χ0) is 13.7. The lowest BCUT2D eigenvalue weighted by Gasteiger charge is -2.03. The Balaban J connectivity index is 2.78. The number of aliphatic carboxylic acids is 2. The number of nitrogen functional groups attached to an aromatic ring is 1. The third-order valence-electron chi connectivity index (χ3n) is 2.29. The summed E-state index contributed by atoms with van der Waals surface area (Å²) in [6.45, 7) is 0. The van der Waals surface area contributed by atoms with E-state index in [1.54, 1.807) is 24.3 Å². The van der Waals surface area contributed by atoms with E-state index < -0.39 is 17.9 Å². The quantitative estimate of drug-likeness (QED) is 0.561. The first-order valence-electron chi connectivity index (χ1n) is 5.09. The Hall–Kier alpha value is -2.01. The van der Waals surface area contributed by atoms with E-state index in [-0.39, 0.29) is 6.42 Å². The summed E-state index contributed by atoms with van der Waals surface area (Å²) in [5.41, 5.74) is 6.71. The number of carboxylic acid groups (broad SMARTS) is 2. The normalized spacial score (nSPS) is 11.0. The van der Waals surface area contributed by atoms with Crippen molar-refractivity contribution in [1.82, 2.24) is 0 Å². The monoisotopic (exact) mass is 269 g/mol. The first-order valence-corrected chi connectivity index (χ1v) is 5.46. The molecule has 0 unspecified atom stereocenters. The minimum Gasteiger partial charge on any atom is -0.481 e. The SMILES string of the molecule is Nc1ccc(Cl)c(/C=C/CC(C(=O)O)C(=O)O)c1. The molecule has 6 heteroatoms. The summed E-state index contributed by atoms with van der Waals surface area (Å²) < 4.78 is 0. The zero-order valence-corrected chi connectivity index (χ0v) is 10.1. The lowest BCUT2D eigenvalue weighted by atomic mass is 10.1. The van der Waals surface area contributed by atoms with Gasteiger partial charge >= 0.3 is 11.9 Å². The molecule has 1 aromatic rings. The van der Waals surface area contributed by atoms with Gasteiger partial charge in [-0.1, -0.05) is 23.8 Å². The summed E-state index contributed by atoms with van der Waals surface area (Å²) in [4.78, 5) is 21.3. The van der Waals surface area contributed by atoms with Gasteiger partial charge in [-0.15, -0.1) is 0 Å². The molecule has 96 valence electrons. The highest BCUT2D eigenvalue weighted by atomic mass is 35.5. The minimum absolute atomic E-state index is 0.115. The standard InChI is InChI=1S/C12H12ClNO4/c13-10-5-4-8(14)6-7(10)2-1-3-9(11(15)16)12(17)18/h1-2,4-6,9H,3,14H2,(H,15,16)(H,17,18)/b2-1+. The van der Waals surface area contributed by atoms with Gasteiger partial charge in [0.05, 0.1) is 0 Å². The van der Waals surface area contributed by atoms with Gasteiger partial charge in [0.2, 0.25) is 0 Å². The third-order valence-corrected chi connectivity index (χ3v) is 2.63. The number of carboxylic acids is 2. The van der Waals surface area contributed by atoms with Gasteiger partial charge < -0.3 is 15.9 Å². The maximum atomic E-state index is 10.6. The van der Waals surface area contributed by atoms with Crippen LogP contribution in [0.1, 0.15) is 12.0 Å². The Labute approximate surface area is 108 Å². The van der Waals surface area contributed by atoms with Gasteiger partial charge in [-0.25, -0.2) is 0 Å². The Morgan fingerprint density at radius 3 is 2.50 bits per heavy atom. The predicted octanol–water partition coefficient (Wildman–Crippen LogP) is 2.11. The molecule has 0 radical (unpaired) electrons. The molecular formula is C12H12ClNO4. The van der Waals surface area contributed by atoms with E-state index in [1.807, 2.05) is 0 Å². The summed E-state index contributed by atoms with van der Waals surface area (Å²) in [6.07, 6.45) is 2.89. The Kier molecular flexibility index (Phi) is 4.74. The van der Waals surface area contributed by atoms with Crippen molar-refractivity contribution in [1.29, 1.82) is 0 Å². The number of nitrogens with two attached hydrogens (primary N) is 1. The average Bonchev–Trinajstić information content (AvgIpc) is 2.27. The van der Waals surface area contributed by atoms with E-state index in [2.05, 4.69) is 0 Å². The van der Waals surface area contributed by atoms with Gasteiger partial charge in [-0.3, -0.25) is 9.59 Å². The van der Waals surface area contributed by atoms with E-state index in [0.29, 0.717) is 16.3 Å². The van der Waals surface area contributed by atoms with Crippen LogP contribution in [-0.2, 0) is 9.59 Å². The van der Waals surface area contributed by atoms with Crippen molar-refractivity contribution >= 4 is 35.3 Å². The summed E-state index contributed by atoms with van der Waals surface area (Å²) >= 11 is 5.90. The fourth-order valence-electron chi connectivity index (χ4n) is 1.33. The van der Waals surface area contributed by atoms with Crippen LogP contribution in [-0.4, -0.2) is 22.2 Å². The van der Waals surface area contributed by atoms with Gasteiger partial charge in [-0.2, -0.15) is 0 Å². The number of hydrogen-bond donors (Lipinski definition) is 3. The van der Waals surface area contributed by atoms with Crippen LogP contribution in [0.3, 0.4) is 0 Å². The summed E-state index contributed by atoms with van der Waals surface area (Å²) in [5.74, 6) is -4.20. The number of carbonyl (C=O) groups is 2. The number of benzene rings is 1. The Morgan fingerprint density at radius 1 is 1.33 bits per heavy atom. The van der Waals surface area contributed by atoms with Crippen molar-refractivity contribution in [2.75, 3.05) is 5.73 Å². The summed E-state index contributed by atoms with van der Waals surface area (Å²) in [7, 11) is 0. The van der Waals surface area contributed by atoms with Crippen LogP contribution in [0.5, 0.6) is 0 Å². The van der Waals surface area contributed by atoms with Crippen molar-refractivity contribution in [3.8, 4) is 0 Å². The molecule has 0 amide bonds. The van der Waals surface area contributed by atoms with E-state index >= 15 is 0 Å². The Bertz CT molecular complexity index is 485. The maximum absolute atomic E-state index is 10.6. The average molecular weight is 270 g/mol. The fraction of sp³-hybridized carbons (Fsp3) is 0.167. The lowest BCUT2D eigenvalue weighted by molar-refractivity contribution is -0.154. The van der Waals surface area contributed by atoms with Crippen LogP contribution in [0.2, 0.25) is 5.02 Å². The highest BCUT2D eigenvalue weighted by molar-refractivity contribution is 6.32. The van der Waals surface area contributed by atoms with Crippen LogP contribution < -0.4 is 5.73 Å². The summed E-state index contributed by atoms with van der Waals surface area (Å²) in [6, 6.07) is 4.87. The maximum Gasteiger partial charge on any atom is 0.318 e. The van der Waals surface area contributed by atoms with E-state index in [9.17, 15) is 9.59 Å². The van der Waals surface area contributed by atoms with Gasteiger partial charge in [0.1, 0.15) is 0 Å². The fourth-order valence-corrected chi connectivity index (χ4v) is 1.51. The molecule has 0 aliphatic carbocycles. The molecule has 0 saturated heterocycles. The van der Waals surface area contributed by atoms with Crippen LogP contribution in [0.4, 0.5) is 5.69 Å². The number of halogens is 1. The second kappa shape index (κ2) is 6.07. The second-order valence-corrected chi connectivity index (χ2v) is 4.06. The molecule has 0 heterocycles. The van der Waals surface area contributed by atoms with Crippen molar-refractivity contribution < 1.29 is 19.8 Å². The van der Waals surface area contributed by atoms with Crippen LogP contribution in [0, 0.1) is 5.92 Å². The molecule has 18 heavy (non-hydrogen) atoms. The van der Waals surface area contributed by atoms with Crippen molar-refractivity contribution in [2.45, 2.75) is 6.42 Å². The first-order chi connectivity index (χ1) is 8.41. The number of allylic oxidation sites excluding steroid dienone is 1. The van der Waals surface area contributed by atoms with Gasteiger partial charge in [-0.05, 0) is 30.2 Å². The molecule has 5 nitrogen and oxygen atoms in total. The van der Waals surface area contributed by atoms with E-state index in [1.165, 1.54) is 6.08 Å². The van der Waals surface area contributed by atoms with Crippen LogP contribution in [0.25, 0.3) is 6.08 Å². The molecule has 0 fully saturated rings.